The van der Waals surface area contributed by atoms with Crippen molar-refractivity contribution in [2.24, 2.45) is 7.05 Å². The molecule has 1 unspecified atom stereocenters. The normalized spacial score (nSPS) is 16.8. The van der Waals surface area contributed by atoms with Crippen molar-refractivity contribution in [1.29, 1.82) is 0 Å². The van der Waals surface area contributed by atoms with Gasteiger partial charge in [0.25, 0.3) is 0 Å². The molecule has 4 nitrogen and oxygen atoms in total. The lowest BCUT2D eigenvalue weighted by atomic mass is 10.1. The van der Waals surface area contributed by atoms with E-state index in [0.717, 1.165) is 29.8 Å². The van der Waals surface area contributed by atoms with Gasteiger partial charge in [0.2, 0.25) is 5.91 Å². The van der Waals surface area contributed by atoms with Gasteiger partial charge in [0.15, 0.2) is 0 Å². The van der Waals surface area contributed by atoms with Gasteiger partial charge in [-0.1, -0.05) is 24.3 Å². The third-order valence-electron chi connectivity index (χ3n) is 4.46. The minimum Gasteiger partial charge on any atom is -0.349 e. The first kappa shape index (κ1) is 13.9. The number of aromatic nitrogens is 2. The summed E-state index contributed by atoms with van der Waals surface area (Å²) in [5.74, 6) is 0.0795. The SMILES string of the molecule is Cc1nn(C)c(C)c1CC(=O)NC1CCc2ccccc21. The number of aryl methyl sites for hydroxylation is 3. The van der Waals surface area contributed by atoms with Crippen LogP contribution < -0.4 is 5.32 Å². The van der Waals surface area contributed by atoms with E-state index >= 15 is 0 Å². The van der Waals surface area contributed by atoms with E-state index in [9.17, 15) is 4.79 Å². The Morgan fingerprint density at radius 3 is 2.86 bits per heavy atom. The van der Waals surface area contributed by atoms with Crippen LogP contribution >= 0.6 is 0 Å². The van der Waals surface area contributed by atoms with Gasteiger partial charge in [0, 0.05) is 18.3 Å². The van der Waals surface area contributed by atoms with Gasteiger partial charge in [0.1, 0.15) is 0 Å². The Balaban J connectivity index is 1.71. The van der Waals surface area contributed by atoms with E-state index in [1.807, 2.05) is 31.6 Å². The number of hydrogen-bond acceptors (Lipinski definition) is 2. The number of nitrogens with zero attached hydrogens (tertiary/aromatic N) is 2. The molecule has 110 valence electrons. The van der Waals surface area contributed by atoms with Crippen LogP contribution in [0.2, 0.25) is 0 Å². The van der Waals surface area contributed by atoms with Crippen LogP contribution in [0.25, 0.3) is 0 Å². The van der Waals surface area contributed by atoms with Gasteiger partial charge in [-0.25, -0.2) is 0 Å². The third kappa shape index (κ3) is 2.58. The standard InChI is InChI=1S/C17H21N3O/c1-11-15(12(2)20(3)19-11)10-17(21)18-16-9-8-13-6-4-5-7-14(13)16/h4-7,16H,8-10H2,1-3H3,(H,18,21). The van der Waals surface area contributed by atoms with E-state index in [0.29, 0.717) is 6.42 Å². The highest BCUT2D eigenvalue weighted by Gasteiger charge is 2.24. The molecule has 1 aliphatic rings. The summed E-state index contributed by atoms with van der Waals surface area (Å²) in [5, 5.41) is 7.54. The molecule has 4 heteroatoms. The van der Waals surface area contributed by atoms with Gasteiger partial charge in [-0.3, -0.25) is 9.48 Å². The van der Waals surface area contributed by atoms with Crippen LogP contribution in [0.15, 0.2) is 24.3 Å². The van der Waals surface area contributed by atoms with E-state index in [1.54, 1.807) is 0 Å². The number of amides is 1. The molecule has 0 saturated heterocycles. The summed E-state index contributed by atoms with van der Waals surface area (Å²) in [6, 6.07) is 8.53. The second-order valence-corrected chi connectivity index (χ2v) is 5.81. The molecule has 0 fully saturated rings. The Morgan fingerprint density at radius 1 is 1.38 bits per heavy atom. The first-order chi connectivity index (χ1) is 10.1. The number of hydrogen-bond donors (Lipinski definition) is 1. The van der Waals surface area contributed by atoms with Crippen molar-refractivity contribution in [3.63, 3.8) is 0 Å². The van der Waals surface area contributed by atoms with Gasteiger partial charge in [-0.15, -0.1) is 0 Å². The van der Waals surface area contributed by atoms with Gasteiger partial charge < -0.3 is 5.32 Å². The molecule has 1 aromatic carbocycles. The Bertz CT molecular complexity index is 687. The predicted molar refractivity (Wildman–Crippen MR) is 82.0 cm³/mol. The van der Waals surface area contributed by atoms with Crippen LogP contribution in [-0.4, -0.2) is 15.7 Å². The van der Waals surface area contributed by atoms with E-state index < -0.39 is 0 Å². The summed E-state index contributed by atoms with van der Waals surface area (Å²) < 4.78 is 1.84. The molecule has 0 aliphatic heterocycles. The Hall–Kier alpha value is -2.10. The molecule has 2 aromatic rings. The van der Waals surface area contributed by atoms with Crippen LogP contribution in [0.4, 0.5) is 0 Å². The Kier molecular flexibility index (Phi) is 3.53. The quantitative estimate of drug-likeness (QED) is 0.940. The smallest absolute Gasteiger partial charge is 0.225 e. The topological polar surface area (TPSA) is 46.9 Å². The second-order valence-electron chi connectivity index (χ2n) is 5.81. The van der Waals surface area contributed by atoms with Crippen molar-refractivity contribution in [3.05, 3.63) is 52.3 Å². The largest absolute Gasteiger partial charge is 0.349 e. The summed E-state index contributed by atoms with van der Waals surface area (Å²) in [6.45, 7) is 3.97. The molecule has 1 amide bonds. The molecule has 1 atom stereocenters. The van der Waals surface area contributed by atoms with Crippen molar-refractivity contribution in [2.45, 2.75) is 39.2 Å². The van der Waals surface area contributed by atoms with Crippen molar-refractivity contribution in [3.8, 4) is 0 Å². The summed E-state index contributed by atoms with van der Waals surface area (Å²) in [5.41, 5.74) is 5.68. The van der Waals surface area contributed by atoms with Crippen LogP contribution in [0.1, 0.15) is 40.5 Å². The molecule has 0 spiro atoms. The highest BCUT2D eigenvalue weighted by atomic mass is 16.1. The molecule has 1 aromatic heterocycles. The van der Waals surface area contributed by atoms with Gasteiger partial charge in [-0.2, -0.15) is 5.10 Å². The number of rotatable bonds is 3. The van der Waals surface area contributed by atoms with Gasteiger partial charge in [-0.05, 0) is 37.8 Å². The minimum atomic E-state index is 0.0795. The van der Waals surface area contributed by atoms with Crippen LogP contribution in [0.3, 0.4) is 0 Å². The number of benzene rings is 1. The third-order valence-corrected chi connectivity index (χ3v) is 4.46. The average Bonchev–Trinajstić information content (AvgIpc) is 2.96. The average molecular weight is 283 g/mol. The van der Waals surface area contributed by atoms with Crippen molar-refractivity contribution in [2.75, 3.05) is 0 Å². The summed E-state index contributed by atoms with van der Waals surface area (Å²) in [6.07, 6.45) is 2.45. The molecule has 21 heavy (non-hydrogen) atoms. The molecular weight excluding hydrogens is 262 g/mol. The predicted octanol–water partition coefficient (Wildman–Crippen LogP) is 2.38. The fourth-order valence-electron chi connectivity index (χ4n) is 3.19. The molecule has 1 aliphatic carbocycles. The zero-order valence-corrected chi connectivity index (χ0v) is 12.8. The number of carbonyl (C=O) groups excluding carboxylic acids is 1. The lowest BCUT2D eigenvalue weighted by Crippen LogP contribution is -2.28. The molecule has 1 heterocycles. The first-order valence-corrected chi connectivity index (χ1v) is 7.42. The van der Waals surface area contributed by atoms with Crippen LogP contribution in [-0.2, 0) is 24.7 Å². The van der Waals surface area contributed by atoms with Crippen molar-refractivity contribution < 1.29 is 4.79 Å². The lowest BCUT2D eigenvalue weighted by molar-refractivity contribution is -0.121. The molecule has 0 saturated carbocycles. The van der Waals surface area contributed by atoms with E-state index in [4.69, 9.17) is 0 Å². The zero-order valence-electron chi connectivity index (χ0n) is 12.8. The molecule has 0 radical (unpaired) electrons. The van der Waals surface area contributed by atoms with E-state index in [1.165, 1.54) is 11.1 Å². The zero-order chi connectivity index (χ0) is 15.0. The highest BCUT2D eigenvalue weighted by Crippen LogP contribution is 2.30. The van der Waals surface area contributed by atoms with Crippen molar-refractivity contribution >= 4 is 5.91 Å². The fraction of sp³-hybridized carbons (Fsp3) is 0.412. The maximum absolute atomic E-state index is 12.3. The summed E-state index contributed by atoms with van der Waals surface area (Å²) >= 11 is 0. The molecular formula is C17H21N3O. The number of carbonyl (C=O) groups is 1. The summed E-state index contributed by atoms with van der Waals surface area (Å²) in [4.78, 5) is 12.3. The minimum absolute atomic E-state index is 0.0795. The highest BCUT2D eigenvalue weighted by molar-refractivity contribution is 5.79. The first-order valence-electron chi connectivity index (χ1n) is 7.42. The number of nitrogens with one attached hydrogen (secondary N) is 1. The fourth-order valence-corrected chi connectivity index (χ4v) is 3.19. The molecule has 1 N–H and O–H groups in total. The van der Waals surface area contributed by atoms with Crippen LogP contribution in [0, 0.1) is 13.8 Å². The van der Waals surface area contributed by atoms with E-state index in [-0.39, 0.29) is 11.9 Å². The maximum atomic E-state index is 12.3. The Labute approximate surface area is 125 Å². The maximum Gasteiger partial charge on any atom is 0.225 e. The Morgan fingerprint density at radius 2 is 2.14 bits per heavy atom. The summed E-state index contributed by atoms with van der Waals surface area (Å²) in [7, 11) is 1.91. The van der Waals surface area contributed by atoms with E-state index in [2.05, 4.69) is 28.6 Å². The lowest BCUT2D eigenvalue weighted by Gasteiger charge is -2.14. The molecule has 0 bridgehead atoms. The van der Waals surface area contributed by atoms with Gasteiger partial charge in [0.05, 0.1) is 18.2 Å². The second kappa shape index (κ2) is 5.35. The molecule has 3 rings (SSSR count). The van der Waals surface area contributed by atoms with Gasteiger partial charge >= 0.3 is 0 Å². The van der Waals surface area contributed by atoms with Crippen LogP contribution in [0.5, 0.6) is 0 Å². The number of fused-ring (bicyclic) bond motifs is 1. The monoisotopic (exact) mass is 283 g/mol. The van der Waals surface area contributed by atoms with Crippen molar-refractivity contribution in [1.82, 2.24) is 15.1 Å².